The van der Waals surface area contributed by atoms with Crippen LogP contribution in [0.2, 0.25) is 0 Å². The highest BCUT2D eigenvalue weighted by molar-refractivity contribution is 5.98. The van der Waals surface area contributed by atoms with E-state index in [1.165, 1.54) is 156 Å². The number of hydrogen-bond acceptors (Lipinski definition) is 0. The smallest absolute Gasteiger partial charge is 0.0220 e. The fourth-order valence-electron chi connectivity index (χ4n) is 17.7. The summed E-state index contributed by atoms with van der Waals surface area (Å²) >= 11 is 0. The third-order valence-electron chi connectivity index (χ3n) is 23.5. The molecule has 0 saturated carbocycles. The van der Waals surface area contributed by atoms with Crippen LogP contribution >= 0.6 is 0 Å². The zero-order valence-corrected chi connectivity index (χ0v) is 71.1. The molecule has 0 fully saturated rings. The molecule has 0 unspecified atom stereocenters. The van der Waals surface area contributed by atoms with Crippen LogP contribution in [0.15, 0.2) is 158 Å². The van der Waals surface area contributed by atoms with E-state index in [2.05, 4.69) is 379 Å². The summed E-state index contributed by atoms with van der Waals surface area (Å²) in [6.07, 6.45) is 4.24. The second-order valence-electron chi connectivity index (χ2n) is 42.7. The fraction of sp³-hybridized carbons (Fsp3) is 0.481. The highest BCUT2D eigenvalue weighted by atomic mass is 14.5. The fourth-order valence-corrected chi connectivity index (χ4v) is 17.7. The molecule has 0 aromatic heterocycles. The van der Waals surface area contributed by atoms with Gasteiger partial charge in [-0.2, -0.15) is 0 Å². The molecular formula is C104H134. The summed E-state index contributed by atoms with van der Waals surface area (Å²) in [6, 6.07) is 66.3. The molecule has 0 nitrogen and oxygen atoms in total. The van der Waals surface area contributed by atoms with Crippen molar-refractivity contribution in [1.29, 1.82) is 0 Å². The van der Waals surface area contributed by atoms with Crippen LogP contribution in [0.3, 0.4) is 0 Å². The summed E-state index contributed by atoms with van der Waals surface area (Å²) in [5.41, 5.74) is 37.2. The Bertz CT molecular complexity index is 4270. The van der Waals surface area contributed by atoms with E-state index >= 15 is 0 Å². The first kappa shape index (κ1) is 78.1. The third-order valence-corrected chi connectivity index (χ3v) is 23.5. The lowest BCUT2D eigenvalue weighted by Gasteiger charge is -2.36. The molecule has 0 radical (unpaired) electrons. The Morgan fingerprint density at radius 1 is 0.183 bits per heavy atom. The van der Waals surface area contributed by atoms with E-state index in [1.807, 2.05) is 0 Å². The van der Waals surface area contributed by atoms with Gasteiger partial charge in [-0.25, -0.2) is 0 Å². The monoisotopic (exact) mass is 1380 g/mol. The molecule has 9 aromatic rings. The molecule has 0 saturated heterocycles. The lowest BCUT2D eigenvalue weighted by molar-refractivity contribution is 0.337. The highest BCUT2D eigenvalue weighted by Gasteiger charge is 2.47. The number of rotatable bonds is 14. The van der Waals surface area contributed by atoms with Gasteiger partial charge in [-0.3, -0.25) is 0 Å². The van der Waals surface area contributed by atoms with E-state index in [4.69, 9.17) is 0 Å². The Kier molecular flexibility index (Phi) is 20.3. The van der Waals surface area contributed by atoms with Crippen molar-refractivity contribution in [3.63, 3.8) is 0 Å². The lowest BCUT2D eigenvalue weighted by Crippen LogP contribution is -2.29. The predicted molar refractivity (Wildman–Crippen MR) is 459 cm³/mol. The van der Waals surface area contributed by atoms with E-state index in [-0.39, 0.29) is 54.1 Å². The number of hydrogen-bond donors (Lipinski definition) is 0. The second-order valence-corrected chi connectivity index (χ2v) is 42.7. The van der Waals surface area contributed by atoms with Crippen LogP contribution < -0.4 is 0 Å². The second kappa shape index (κ2) is 27.0. The van der Waals surface area contributed by atoms with Gasteiger partial charge in [0.2, 0.25) is 0 Å². The standard InChI is InChI=1S/C104H134/c1-63(2)59-103(60-64(3)4)91-49-67(71-41-75(95(9,10)11)53-76(42-71)96(12,13)14)33-37-83(91)85-39-35-69(51-93(85)103)87-57-90(74-47-81(101(27,28)29)56-82(48-74)102(30,31)32)88(58-89(87)73-45-79(99(21,22)23)55-80(46-73)100(24,25)26)70-36-40-86-84-38-34-68(72-43-77(97(15,16)17)54-78(44-72)98(18,19)20)50-92(84)104(61-65(5)6,62-66(7)8)94(86)52-70/h33-58,63-66H,59-62H2,1-32H3. The Morgan fingerprint density at radius 2 is 0.356 bits per heavy atom. The predicted octanol–water partition coefficient (Wildman–Crippen LogP) is 30.8. The van der Waals surface area contributed by atoms with Crippen LogP contribution in [-0.2, 0) is 54.1 Å². The van der Waals surface area contributed by atoms with Crippen LogP contribution in [0.1, 0.15) is 314 Å². The Balaban J connectivity index is 1.25. The quantitative estimate of drug-likeness (QED) is 0.102. The maximum absolute atomic E-state index is 2.71. The minimum atomic E-state index is -0.224. The van der Waals surface area contributed by atoms with Gasteiger partial charge < -0.3 is 0 Å². The maximum Gasteiger partial charge on any atom is 0.0220 e. The molecule has 2 aliphatic carbocycles. The topological polar surface area (TPSA) is 0 Å². The molecule has 0 bridgehead atoms. The van der Waals surface area contributed by atoms with Gasteiger partial charge in [-0.15, -0.1) is 0 Å². The van der Waals surface area contributed by atoms with E-state index in [0.717, 1.165) is 25.7 Å². The van der Waals surface area contributed by atoms with E-state index in [9.17, 15) is 0 Å². The molecule has 0 amide bonds. The first-order chi connectivity index (χ1) is 47.8. The molecular weight excluding hydrogens is 1250 g/mol. The Hall–Kier alpha value is -7.02. The molecule has 0 aliphatic heterocycles. The average Bonchev–Trinajstić information content (AvgIpc) is 1.56. The minimum absolute atomic E-state index is 0.00506. The summed E-state index contributed by atoms with van der Waals surface area (Å²) in [5.74, 6) is 1.82. The van der Waals surface area contributed by atoms with Gasteiger partial charge in [0.05, 0.1) is 0 Å². The molecule has 0 heteroatoms. The van der Waals surface area contributed by atoms with Crippen LogP contribution in [0.4, 0.5) is 0 Å². The number of fused-ring (bicyclic) bond motifs is 6. The summed E-state index contributed by atoms with van der Waals surface area (Å²) in [6.45, 7) is 76.9. The van der Waals surface area contributed by atoms with Crippen LogP contribution in [0.5, 0.6) is 0 Å². The molecule has 104 heavy (non-hydrogen) atoms. The van der Waals surface area contributed by atoms with Crippen molar-refractivity contribution in [2.24, 2.45) is 23.7 Å². The van der Waals surface area contributed by atoms with Crippen molar-refractivity contribution in [3.05, 3.63) is 224 Å². The summed E-state index contributed by atoms with van der Waals surface area (Å²) in [4.78, 5) is 0. The number of benzene rings is 9. The van der Waals surface area contributed by atoms with Gasteiger partial charge in [0.1, 0.15) is 0 Å². The van der Waals surface area contributed by atoms with Crippen molar-refractivity contribution in [2.45, 2.75) is 301 Å². The van der Waals surface area contributed by atoms with E-state index < -0.39 is 0 Å². The third kappa shape index (κ3) is 15.5. The van der Waals surface area contributed by atoms with Gasteiger partial charge in [0.15, 0.2) is 0 Å². The van der Waals surface area contributed by atoms with Gasteiger partial charge in [-0.05, 0) is 285 Å². The lowest BCUT2D eigenvalue weighted by atomic mass is 9.67. The Labute approximate surface area is 634 Å². The molecule has 2 aliphatic rings. The maximum atomic E-state index is 2.71. The van der Waals surface area contributed by atoms with Gasteiger partial charge in [0.25, 0.3) is 0 Å². The zero-order chi connectivity index (χ0) is 76.7. The van der Waals surface area contributed by atoms with Gasteiger partial charge >= 0.3 is 0 Å². The van der Waals surface area contributed by atoms with Crippen LogP contribution in [0.25, 0.3) is 89.0 Å². The first-order valence-corrected chi connectivity index (χ1v) is 40.2. The summed E-state index contributed by atoms with van der Waals surface area (Å²) in [7, 11) is 0. The summed E-state index contributed by atoms with van der Waals surface area (Å²) < 4.78 is 0. The molecule has 0 spiro atoms. The summed E-state index contributed by atoms with van der Waals surface area (Å²) in [5, 5.41) is 0. The average molecular weight is 1380 g/mol. The molecule has 0 heterocycles. The van der Waals surface area contributed by atoms with Gasteiger partial charge in [0, 0.05) is 10.8 Å². The van der Waals surface area contributed by atoms with Crippen molar-refractivity contribution >= 4 is 0 Å². The molecule has 550 valence electrons. The largest absolute Gasteiger partial charge is 0.0627 e. The molecule has 11 rings (SSSR count). The van der Waals surface area contributed by atoms with Crippen LogP contribution in [0, 0.1) is 23.7 Å². The molecule has 0 atom stereocenters. The normalized spacial score (nSPS) is 14.8. The van der Waals surface area contributed by atoms with E-state index in [0.29, 0.717) is 23.7 Å². The van der Waals surface area contributed by atoms with Crippen molar-refractivity contribution in [1.82, 2.24) is 0 Å². The first-order valence-electron chi connectivity index (χ1n) is 40.2. The van der Waals surface area contributed by atoms with Crippen molar-refractivity contribution in [3.8, 4) is 89.0 Å². The van der Waals surface area contributed by atoms with Crippen molar-refractivity contribution in [2.75, 3.05) is 0 Å². The molecule has 0 N–H and O–H groups in total. The van der Waals surface area contributed by atoms with E-state index in [1.54, 1.807) is 0 Å². The van der Waals surface area contributed by atoms with Gasteiger partial charge in [-0.1, -0.05) is 343 Å². The SMILES string of the molecule is CC(C)CC1(CC(C)C)c2cc(-c3cc(C(C)(C)C)cc(C(C)(C)C)c3)ccc2-c2ccc(-c3cc(-c4cc(C(C)(C)C)cc(C(C)(C)C)c4)c(-c4ccc5c(c4)C(CC(C)C)(CC(C)C)c4cc(-c6cc(C(C)(C)C)cc(C(C)(C)C)c6)ccc4-5)cc3-c3cc(C(C)(C)C)cc(C(C)(C)C)c3)cc21. The molecule has 9 aromatic carbocycles. The highest BCUT2D eigenvalue weighted by Crippen LogP contribution is 2.60. The zero-order valence-electron chi connectivity index (χ0n) is 71.1. The van der Waals surface area contributed by atoms with Crippen molar-refractivity contribution < 1.29 is 0 Å². The minimum Gasteiger partial charge on any atom is -0.0627 e. The van der Waals surface area contributed by atoms with Crippen LogP contribution in [-0.4, -0.2) is 0 Å². The Morgan fingerprint density at radius 3 is 0.548 bits per heavy atom.